The van der Waals surface area contributed by atoms with Gasteiger partial charge in [-0.15, -0.1) is 0 Å². The number of carbonyl (C=O) groups excluding carboxylic acids is 2. The molecule has 0 aromatic rings. The Balaban J connectivity index is 1.13. The molecular formula is C27H43BrN2O5. The average Bonchev–Trinajstić information content (AvgIpc) is 3.37. The van der Waals surface area contributed by atoms with Gasteiger partial charge in [0.2, 0.25) is 5.91 Å². The molecule has 0 radical (unpaired) electrons. The van der Waals surface area contributed by atoms with Crippen LogP contribution in [-0.2, 0) is 19.0 Å². The van der Waals surface area contributed by atoms with Gasteiger partial charge in [0.25, 0.3) is 0 Å². The van der Waals surface area contributed by atoms with E-state index in [1.165, 1.54) is 0 Å². The van der Waals surface area contributed by atoms with Crippen molar-refractivity contribution in [2.45, 2.75) is 94.8 Å². The quantitative estimate of drug-likeness (QED) is 0.519. The van der Waals surface area contributed by atoms with Gasteiger partial charge in [-0.1, -0.05) is 15.9 Å². The number of piperidine rings is 1. The van der Waals surface area contributed by atoms with Crippen molar-refractivity contribution in [3.63, 3.8) is 0 Å². The highest BCUT2D eigenvalue weighted by molar-refractivity contribution is 9.09. The number of alkyl carbamates (subject to hydrolysis) is 1. The fraction of sp³-hybridized carbons (Fsp3) is 0.926. The predicted molar refractivity (Wildman–Crippen MR) is 136 cm³/mol. The lowest BCUT2D eigenvalue weighted by Gasteiger charge is -2.46. The molecule has 7 nitrogen and oxygen atoms in total. The first-order valence-corrected chi connectivity index (χ1v) is 14.7. The van der Waals surface area contributed by atoms with Crippen molar-refractivity contribution in [3.8, 4) is 0 Å². The fourth-order valence-corrected chi connectivity index (χ4v) is 8.16. The summed E-state index contributed by atoms with van der Waals surface area (Å²) in [7, 11) is 0. The Labute approximate surface area is 218 Å². The molecule has 2 amide bonds. The van der Waals surface area contributed by atoms with Crippen molar-refractivity contribution in [1.29, 1.82) is 0 Å². The number of fused-ring (bicyclic) bond motifs is 3. The van der Waals surface area contributed by atoms with Gasteiger partial charge < -0.3 is 24.4 Å². The second-order valence-corrected chi connectivity index (χ2v) is 13.9. The number of likely N-dealkylation sites (tertiary alicyclic amines) is 1. The van der Waals surface area contributed by atoms with Crippen molar-refractivity contribution in [2.24, 2.45) is 29.1 Å². The summed E-state index contributed by atoms with van der Waals surface area (Å²) in [6.07, 6.45) is 8.59. The van der Waals surface area contributed by atoms with E-state index in [9.17, 15) is 9.59 Å². The average molecular weight is 556 g/mol. The molecule has 3 heterocycles. The number of ether oxygens (including phenoxy) is 3. The molecular weight excluding hydrogens is 512 g/mol. The van der Waals surface area contributed by atoms with Crippen molar-refractivity contribution < 1.29 is 23.8 Å². The van der Waals surface area contributed by atoms with E-state index in [1.807, 2.05) is 20.8 Å². The molecule has 35 heavy (non-hydrogen) atoms. The number of alkyl halides is 1. The Hall–Kier alpha value is -0.860. The molecule has 7 unspecified atom stereocenters. The topological polar surface area (TPSA) is 77.1 Å². The van der Waals surface area contributed by atoms with Crippen molar-refractivity contribution >= 4 is 27.9 Å². The number of hydrogen-bond acceptors (Lipinski definition) is 5. The van der Waals surface area contributed by atoms with E-state index in [1.54, 1.807) is 0 Å². The Morgan fingerprint density at radius 2 is 1.80 bits per heavy atom. The number of hydrogen-bond donors (Lipinski definition) is 1. The van der Waals surface area contributed by atoms with Crippen LogP contribution in [-0.4, -0.2) is 72.4 Å². The summed E-state index contributed by atoms with van der Waals surface area (Å²) in [4.78, 5) is 28.1. The maximum absolute atomic E-state index is 13.4. The molecule has 5 fully saturated rings. The summed E-state index contributed by atoms with van der Waals surface area (Å²) in [5.74, 6) is 1.98. The number of nitrogens with zero attached hydrogens (tertiary/aromatic N) is 1. The lowest BCUT2D eigenvalue weighted by molar-refractivity contribution is -0.140. The first-order valence-electron chi connectivity index (χ1n) is 13.8. The molecule has 0 aromatic carbocycles. The van der Waals surface area contributed by atoms with E-state index >= 15 is 0 Å². The molecule has 7 atom stereocenters. The lowest BCUT2D eigenvalue weighted by Crippen LogP contribution is -2.50. The molecule has 8 heteroatoms. The highest BCUT2D eigenvalue weighted by Crippen LogP contribution is 2.53. The smallest absolute Gasteiger partial charge is 0.407 e. The van der Waals surface area contributed by atoms with Crippen LogP contribution in [0.2, 0.25) is 0 Å². The summed E-state index contributed by atoms with van der Waals surface area (Å²) in [6, 6.07) is 0. The third kappa shape index (κ3) is 5.54. The Bertz CT molecular complexity index is 793. The predicted octanol–water partition coefficient (Wildman–Crippen LogP) is 4.51. The number of nitrogens with one attached hydrogen (secondary N) is 1. The SMILES string of the molecule is CC(C)(C)OC(=O)NCC1CCC2OCC3(CCN(C(=O)C4CCC5OCC(Br)C5C4)CC3)C2C1. The normalized spacial score (nSPS) is 38.6. The van der Waals surface area contributed by atoms with Crippen LogP contribution in [0.1, 0.15) is 72.1 Å². The minimum Gasteiger partial charge on any atom is -0.444 e. The zero-order valence-electron chi connectivity index (χ0n) is 21.6. The van der Waals surface area contributed by atoms with E-state index in [2.05, 4.69) is 26.1 Å². The Morgan fingerprint density at radius 1 is 1.06 bits per heavy atom. The Kier molecular flexibility index (Phi) is 7.46. The number of amides is 2. The molecule has 5 aliphatic rings. The van der Waals surface area contributed by atoms with E-state index < -0.39 is 5.60 Å². The van der Waals surface area contributed by atoms with E-state index in [-0.39, 0.29) is 17.4 Å². The largest absolute Gasteiger partial charge is 0.444 e. The van der Waals surface area contributed by atoms with Crippen LogP contribution in [0.3, 0.4) is 0 Å². The van der Waals surface area contributed by atoms with E-state index in [4.69, 9.17) is 14.2 Å². The van der Waals surface area contributed by atoms with Crippen LogP contribution in [0.15, 0.2) is 0 Å². The fourth-order valence-electron chi connectivity index (χ4n) is 7.46. The van der Waals surface area contributed by atoms with Gasteiger partial charge in [-0.3, -0.25) is 4.79 Å². The van der Waals surface area contributed by atoms with Gasteiger partial charge in [-0.2, -0.15) is 0 Å². The third-order valence-corrected chi connectivity index (χ3v) is 10.3. The monoisotopic (exact) mass is 554 g/mol. The summed E-state index contributed by atoms with van der Waals surface area (Å²) in [5.41, 5.74) is -0.291. The van der Waals surface area contributed by atoms with Crippen LogP contribution >= 0.6 is 15.9 Å². The standard InChI is InChI=1S/C27H43BrN2O5/c1-26(2,3)35-25(32)29-14-17-4-6-23-20(12-17)27(16-34-23)8-10-30(11-9-27)24(31)18-5-7-22-19(13-18)21(28)15-33-22/h17-23H,4-16H2,1-3H3,(H,29,32). The minimum absolute atomic E-state index is 0.151. The van der Waals surface area contributed by atoms with Gasteiger partial charge in [-0.05, 0) is 84.0 Å². The first kappa shape index (κ1) is 25.8. The van der Waals surface area contributed by atoms with Gasteiger partial charge in [-0.25, -0.2) is 4.79 Å². The summed E-state index contributed by atoms with van der Waals surface area (Å²) in [5, 5.41) is 2.99. The third-order valence-electron chi connectivity index (χ3n) is 9.39. The second-order valence-electron chi connectivity index (χ2n) is 12.8. The highest BCUT2D eigenvalue weighted by atomic mass is 79.9. The number of carbonyl (C=O) groups is 2. The van der Waals surface area contributed by atoms with Crippen LogP contribution in [0.5, 0.6) is 0 Å². The summed E-state index contributed by atoms with van der Waals surface area (Å²) < 4.78 is 17.6. The first-order chi connectivity index (χ1) is 16.6. The van der Waals surface area contributed by atoms with Gasteiger partial charge in [0.15, 0.2) is 0 Å². The molecule has 2 aliphatic carbocycles. The van der Waals surface area contributed by atoms with Crippen LogP contribution in [0.25, 0.3) is 0 Å². The highest BCUT2D eigenvalue weighted by Gasteiger charge is 2.53. The molecule has 1 N–H and O–H groups in total. The van der Waals surface area contributed by atoms with E-state index in [0.717, 1.165) is 77.7 Å². The number of halogens is 1. The van der Waals surface area contributed by atoms with Crippen LogP contribution < -0.4 is 5.32 Å². The van der Waals surface area contributed by atoms with Crippen LogP contribution in [0.4, 0.5) is 4.79 Å². The van der Waals surface area contributed by atoms with Gasteiger partial charge in [0.05, 0.1) is 25.4 Å². The molecule has 0 aromatic heterocycles. The van der Waals surface area contributed by atoms with Crippen molar-refractivity contribution in [3.05, 3.63) is 0 Å². The van der Waals surface area contributed by atoms with Gasteiger partial charge in [0.1, 0.15) is 5.60 Å². The second kappa shape index (κ2) is 10.1. The zero-order chi connectivity index (χ0) is 24.8. The summed E-state index contributed by atoms with van der Waals surface area (Å²) in [6.45, 7) is 9.64. The van der Waals surface area contributed by atoms with E-state index in [0.29, 0.717) is 47.2 Å². The lowest BCUT2D eigenvalue weighted by atomic mass is 9.63. The molecule has 0 bridgehead atoms. The Morgan fingerprint density at radius 3 is 2.54 bits per heavy atom. The summed E-state index contributed by atoms with van der Waals surface area (Å²) >= 11 is 3.77. The van der Waals surface area contributed by atoms with Gasteiger partial charge >= 0.3 is 6.09 Å². The molecule has 198 valence electrons. The molecule has 1 spiro atoms. The molecule has 5 rings (SSSR count). The molecule has 3 saturated heterocycles. The maximum atomic E-state index is 13.4. The minimum atomic E-state index is -0.476. The molecule has 2 saturated carbocycles. The maximum Gasteiger partial charge on any atom is 0.407 e. The van der Waals surface area contributed by atoms with Crippen LogP contribution in [0, 0.1) is 29.1 Å². The van der Waals surface area contributed by atoms with Crippen molar-refractivity contribution in [1.82, 2.24) is 10.2 Å². The van der Waals surface area contributed by atoms with Crippen molar-refractivity contribution in [2.75, 3.05) is 32.8 Å². The number of rotatable bonds is 3. The molecule has 3 aliphatic heterocycles. The zero-order valence-corrected chi connectivity index (χ0v) is 23.2. The van der Waals surface area contributed by atoms with Gasteiger partial charge in [0, 0.05) is 41.7 Å².